The Hall–Kier alpha value is -8.14. The van der Waals surface area contributed by atoms with E-state index in [1.165, 1.54) is 39.0 Å². The minimum atomic E-state index is -0.491. The van der Waals surface area contributed by atoms with Crippen molar-refractivity contribution in [3.63, 3.8) is 0 Å². The summed E-state index contributed by atoms with van der Waals surface area (Å²) in [6.45, 7) is 0. The summed E-state index contributed by atoms with van der Waals surface area (Å²) in [6.07, 6.45) is 9.24. The van der Waals surface area contributed by atoms with Gasteiger partial charge in [0.2, 0.25) is 0 Å². The Balaban J connectivity index is 1.06. The molecule has 2 aliphatic carbocycles. The molecule has 0 radical (unpaired) electrons. The fraction of sp³-hybridized carbons (Fsp3) is 0.0492. The lowest BCUT2D eigenvalue weighted by Crippen LogP contribution is -2.29. The SMILES string of the molecule is C1=CC(C2(c3ccccc3)c3ccccc3-c3ccc(N(c4cccc(-c5ccccc5)c4)c4ccc5c(c4)oc4c(-c6ccccc6)c6c(cc45)oc4ccccc46)cc32)=CCC1. The van der Waals surface area contributed by atoms with Gasteiger partial charge in [0.05, 0.1) is 5.41 Å². The number of hydrogen-bond donors (Lipinski definition) is 0. The van der Waals surface area contributed by atoms with Crippen LogP contribution in [0.2, 0.25) is 0 Å². The van der Waals surface area contributed by atoms with E-state index in [0.29, 0.717) is 0 Å². The quantitative estimate of drug-likeness (QED) is 0.160. The molecule has 13 rings (SSSR count). The van der Waals surface area contributed by atoms with Gasteiger partial charge in [-0.1, -0.05) is 170 Å². The molecule has 1 unspecified atom stereocenters. The van der Waals surface area contributed by atoms with Crippen LogP contribution in [0, 0.1) is 0 Å². The van der Waals surface area contributed by atoms with Gasteiger partial charge in [0.25, 0.3) is 0 Å². The second-order valence-electron chi connectivity index (χ2n) is 17.0. The topological polar surface area (TPSA) is 29.5 Å². The summed E-state index contributed by atoms with van der Waals surface area (Å²) in [6, 6.07) is 74.5. The van der Waals surface area contributed by atoms with E-state index in [0.717, 1.165) is 90.5 Å². The van der Waals surface area contributed by atoms with Crippen LogP contribution in [0.5, 0.6) is 0 Å². The van der Waals surface area contributed by atoms with Crippen molar-refractivity contribution in [3.05, 3.63) is 247 Å². The molecular weight excluding hydrogens is 779 g/mol. The number of anilines is 3. The molecular formula is C61H41NO2. The Morgan fingerprint density at radius 3 is 1.94 bits per heavy atom. The van der Waals surface area contributed by atoms with Crippen LogP contribution in [0.25, 0.3) is 77.3 Å². The van der Waals surface area contributed by atoms with Crippen LogP contribution in [0.1, 0.15) is 29.5 Å². The highest BCUT2D eigenvalue weighted by molar-refractivity contribution is 6.23. The van der Waals surface area contributed by atoms with Crippen LogP contribution in [-0.4, -0.2) is 0 Å². The van der Waals surface area contributed by atoms with Gasteiger partial charge in [0.1, 0.15) is 22.3 Å². The molecule has 2 aliphatic rings. The Morgan fingerprint density at radius 2 is 1.11 bits per heavy atom. The van der Waals surface area contributed by atoms with Crippen molar-refractivity contribution in [2.24, 2.45) is 0 Å². The van der Waals surface area contributed by atoms with Gasteiger partial charge in [0, 0.05) is 50.2 Å². The minimum absolute atomic E-state index is 0.491. The predicted molar refractivity (Wildman–Crippen MR) is 265 cm³/mol. The third kappa shape index (κ3) is 5.47. The van der Waals surface area contributed by atoms with E-state index < -0.39 is 5.41 Å². The lowest BCUT2D eigenvalue weighted by Gasteiger charge is -2.36. The largest absolute Gasteiger partial charge is 0.456 e. The highest BCUT2D eigenvalue weighted by atomic mass is 16.3. The molecule has 2 heterocycles. The van der Waals surface area contributed by atoms with Crippen LogP contribution < -0.4 is 4.90 Å². The molecule has 2 aromatic heterocycles. The fourth-order valence-electron chi connectivity index (χ4n) is 10.8. The molecule has 0 bridgehead atoms. The van der Waals surface area contributed by atoms with Crippen molar-refractivity contribution < 1.29 is 8.83 Å². The normalized spacial score (nSPS) is 15.5. The van der Waals surface area contributed by atoms with E-state index in [1.54, 1.807) is 0 Å². The van der Waals surface area contributed by atoms with E-state index in [1.807, 2.05) is 12.1 Å². The Kier molecular flexibility index (Phi) is 8.26. The van der Waals surface area contributed by atoms with Crippen LogP contribution >= 0.6 is 0 Å². The summed E-state index contributed by atoms with van der Waals surface area (Å²) < 4.78 is 13.7. The molecule has 0 saturated heterocycles. The van der Waals surface area contributed by atoms with Crippen LogP contribution in [0.3, 0.4) is 0 Å². The first-order chi connectivity index (χ1) is 31.7. The highest BCUT2D eigenvalue weighted by Gasteiger charge is 2.47. The smallest absolute Gasteiger partial charge is 0.144 e. The van der Waals surface area contributed by atoms with Gasteiger partial charge in [-0.15, -0.1) is 0 Å². The van der Waals surface area contributed by atoms with Crippen molar-refractivity contribution in [2.75, 3.05) is 4.90 Å². The molecule has 3 heteroatoms. The summed E-state index contributed by atoms with van der Waals surface area (Å²) in [7, 11) is 0. The summed E-state index contributed by atoms with van der Waals surface area (Å²) >= 11 is 0. The summed E-state index contributed by atoms with van der Waals surface area (Å²) in [4.78, 5) is 2.40. The summed E-state index contributed by atoms with van der Waals surface area (Å²) in [5, 5.41) is 4.21. The second-order valence-corrected chi connectivity index (χ2v) is 17.0. The lowest BCUT2D eigenvalue weighted by atomic mass is 9.66. The maximum atomic E-state index is 7.12. The zero-order valence-corrected chi connectivity index (χ0v) is 35.0. The highest BCUT2D eigenvalue weighted by Crippen LogP contribution is 2.58. The van der Waals surface area contributed by atoms with Crippen molar-refractivity contribution in [2.45, 2.75) is 18.3 Å². The lowest BCUT2D eigenvalue weighted by molar-refractivity contribution is 0.664. The third-order valence-corrected chi connectivity index (χ3v) is 13.5. The number of allylic oxidation sites excluding steroid dienone is 4. The number of furan rings is 2. The third-order valence-electron chi connectivity index (χ3n) is 13.5. The molecule has 1 atom stereocenters. The second kappa shape index (κ2) is 14.5. The number of hydrogen-bond acceptors (Lipinski definition) is 3. The van der Waals surface area contributed by atoms with Gasteiger partial charge in [-0.2, -0.15) is 0 Å². The van der Waals surface area contributed by atoms with E-state index in [9.17, 15) is 0 Å². The number of nitrogens with zero attached hydrogens (tertiary/aromatic N) is 1. The molecule has 0 fully saturated rings. The van der Waals surface area contributed by atoms with Crippen LogP contribution in [0.15, 0.2) is 239 Å². The average Bonchev–Trinajstić information content (AvgIpc) is 4.02. The molecule has 0 spiro atoms. The molecule has 0 aliphatic heterocycles. The number of fused-ring (bicyclic) bond motifs is 9. The average molecular weight is 820 g/mol. The summed E-state index contributed by atoms with van der Waals surface area (Å²) in [5.74, 6) is 0. The molecule has 11 aromatic rings. The first kappa shape index (κ1) is 36.5. The van der Waals surface area contributed by atoms with Crippen LogP contribution in [-0.2, 0) is 5.41 Å². The molecule has 9 aromatic carbocycles. The Bertz CT molecular complexity index is 3670. The van der Waals surface area contributed by atoms with Crippen LogP contribution in [0.4, 0.5) is 17.1 Å². The molecule has 0 N–H and O–H groups in total. The van der Waals surface area contributed by atoms with Crippen molar-refractivity contribution in [1.29, 1.82) is 0 Å². The van der Waals surface area contributed by atoms with Gasteiger partial charge in [-0.05, 0) is 111 Å². The Labute approximate surface area is 371 Å². The van der Waals surface area contributed by atoms with E-state index in [-0.39, 0.29) is 0 Å². The maximum absolute atomic E-state index is 7.12. The van der Waals surface area contributed by atoms with Gasteiger partial charge in [-0.3, -0.25) is 0 Å². The number of para-hydroxylation sites is 1. The zero-order chi connectivity index (χ0) is 42.2. The fourth-order valence-corrected chi connectivity index (χ4v) is 10.8. The van der Waals surface area contributed by atoms with E-state index >= 15 is 0 Å². The molecule has 0 amide bonds. The number of benzene rings is 9. The molecule has 0 saturated carbocycles. The number of rotatable bonds is 7. The van der Waals surface area contributed by atoms with Gasteiger partial charge in [0.15, 0.2) is 0 Å². The van der Waals surface area contributed by atoms with Crippen molar-refractivity contribution >= 4 is 60.9 Å². The van der Waals surface area contributed by atoms with Crippen molar-refractivity contribution in [1.82, 2.24) is 0 Å². The molecule has 3 nitrogen and oxygen atoms in total. The maximum Gasteiger partial charge on any atom is 0.144 e. The first-order valence-corrected chi connectivity index (χ1v) is 22.2. The monoisotopic (exact) mass is 819 g/mol. The molecule has 64 heavy (non-hydrogen) atoms. The minimum Gasteiger partial charge on any atom is -0.456 e. The first-order valence-electron chi connectivity index (χ1n) is 22.2. The van der Waals surface area contributed by atoms with E-state index in [4.69, 9.17) is 8.83 Å². The summed E-state index contributed by atoms with van der Waals surface area (Å²) in [5.41, 5.74) is 18.2. The Morgan fingerprint density at radius 1 is 0.422 bits per heavy atom. The van der Waals surface area contributed by atoms with Gasteiger partial charge >= 0.3 is 0 Å². The van der Waals surface area contributed by atoms with E-state index in [2.05, 4.69) is 217 Å². The molecule has 302 valence electrons. The van der Waals surface area contributed by atoms with Crippen molar-refractivity contribution in [3.8, 4) is 33.4 Å². The predicted octanol–water partition coefficient (Wildman–Crippen LogP) is 16.9. The standard InChI is InChI=1S/C61H41NO2/c1-5-18-40(19-6-1)42-22-17-27-45(36-42)62(46-32-34-49-48-28-13-15-30-53(48)61(54(49)37-46,43-23-9-3-10-24-43)44-25-11-4-12-26-44)47-33-35-50-52-39-57-59(51-29-14-16-31-55(51)63-57)58(41-20-7-2-8-21-41)60(52)64-56(50)38-47/h1-3,5-11,13-39H,4,12H2. The van der Waals surface area contributed by atoms with Gasteiger partial charge in [-0.25, -0.2) is 0 Å². The van der Waals surface area contributed by atoms with Gasteiger partial charge < -0.3 is 13.7 Å². The zero-order valence-electron chi connectivity index (χ0n) is 35.0.